The summed E-state index contributed by atoms with van der Waals surface area (Å²) >= 11 is 0.865. The van der Waals surface area contributed by atoms with Crippen LogP contribution in [-0.2, 0) is 14.8 Å². The minimum absolute atomic E-state index is 0.0274. The number of carbonyl (C=O) groups excluding carboxylic acids is 2. The first kappa shape index (κ1) is 16.5. The quantitative estimate of drug-likeness (QED) is 0.859. The van der Waals surface area contributed by atoms with Crippen LogP contribution >= 0.6 is 11.8 Å². The second kappa shape index (κ2) is 6.27. The Balaban J connectivity index is 1.77. The van der Waals surface area contributed by atoms with E-state index in [9.17, 15) is 18.0 Å². The number of primary sulfonamides is 1. The summed E-state index contributed by atoms with van der Waals surface area (Å²) in [4.78, 5) is 25.6. The number of nitrogens with one attached hydrogen (secondary N) is 1. The first-order valence-electron chi connectivity index (χ1n) is 6.85. The van der Waals surface area contributed by atoms with Crippen molar-refractivity contribution in [2.24, 2.45) is 5.14 Å². The fourth-order valence-electron chi connectivity index (χ4n) is 2.20. The van der Waals surface area contributed by atoms with Crippen molar-refractivity contribution in [2.75, 3.05) is 10.2 Å². The molecule has 0 spiro atoms. The molecule has 9 heteroatoms. The molecule has 0 unspecified atom stereocenters. The molecule has 2 amide bonds. The van der Waals surface area contributed by atoms with Crippen LogP contribution in [0.1, 0.15) is 0 Å². The maximum Gasteiger partial charge on any atom is 0.295 e. The highest BCUT2D eigenvalue weighted by Crippen LogP contribution is 2.32. The van der Waals surface area contributed by atoms with Gasteiger partial charge in [0.15, 0.2) is 5.37 Å². The van der Waals surface area contributed by atoms with Gasteiger partial charge >= 0.3 is 0 Å². The van der Waals surface area contributed by atoms with Crippen LogP contribution in [0.3, 0.4) is 0 Å². The number of nitrogens with zero attached hydrogens (tertiary/aromatic N) is 1. The minimum atomic E-state index is -3.77. The normalized spacial score (nSPS) is 18.0. The van der Waals surface area contributed by atoms with Crippen molar-refractivity contribution in [1.82, 2.24) is 0 Å². The van der Waals surface area contributed by atoms with E-state index < -0.39 is 15.4 Å². The highest BCUT2D eigenvalue weighted by Gasteiger charge is 2.40. The van der Waals surface area contributed by atoms with Crippen molar-refractivity contribution in [3.8, 4) is 0 Å². The lowest BCUT2D eigenvalue weighted by Gasteiger charge is -2.14. The molecule has 2 aromatic rings. The van der Waals surface area contributed by atoms with Crippen molar-refractivity contribution >= 4 is 44.3 Å². The summed E-state index contributed by atoms with van der Waals surface area (Å²) in [5.41, 5.74) is 1.02. The molecule has 0 saturated carbocycles. The van der Waals surface area contributed by atoms with E-state index in [4.69, 9.17) is 5.14 Å². The van der Waals surface area contributed by atoms with E-state index in [2.05, 4.69) is 5.32 Å². The third-order valence-corrected chi connectivity index (χ3v) is 5.21. The largest absolute Gasteiger partial charge is 0.365 e. The van der Waals surface area contributed by atoms with Crippen molar-refractivity contribution < 1.29 is 18.0 Å². The van der Waals surface area contributed by atoms with Gasteiger partial charge in [0.1, 0.15) is 0 Å². The minimum Gasteiger partial charge on any atom is -0.365 e. The summed E-state index contributed by atoms with van der Waals surface area (Å²) < 4.78 is 22.5. The zero-order chi connectivity index (χ0) is 17.3. The number of para-hydroxylation sites is 1. The van der Waals surface area contributed by atoms with E-state index in [1.54, 1.807) is 30.3 Å². The Kier molecular flexibility index (Phi) is 4.31. The van der Waals surface area contributed by atoms with Crippen LogP contribution < -0.4 is 15.4 Å². The van der Waals surface area contributed by atoms with Crippen LogP contribution in [0.25, 0.3) is 0 Å². The smallest absolute Gasteiger partial charge is 0.295 e. The summed E-state index contributed by atoms with van der Waals surface area (Å²) in [6.45, 7) is 0. The Morgan fingerprint density at radius 2 is 1.62 bits per heavy atom. The van der Waals surface area contributed by atoms with E-state index in [0.29, 0.717) is 11.4 Å². The molecule has 1 heterocycles. The number of thioether (sulfide) groups is 1. The molecule has 3 N–H and O–H groups in total. The van der Waals surface area contributed by atoms with Crippen molar-refractivity contribution in [3.63, 3.8) is 0 Å². The number of amides is 2. The number of anilines is 2. The molecule has 124 valence electrons. The number of imide groups is 1. The van der Waals surface area contributed by atoms with E-state index in [1.807, 2.05) is 0 Å². The van der Waals surface area contributed by atoms with Gasteiger partial charge in [0.05, 0.1) is 10.6 Å². The van der Waals surface area contributed by atoms with Gasteiger partial charge in [-0.3, -0.25) is 9.59 Å². The summed E-state index contributed by atoms with van der Waals surface area (Å²) in [5, 5.41) is 6.80. The molecule has 2 aromatic carbocycles. The molecule has 1 aliphatic rings. The predicted octanol–water partition coefficient (Wildman–Crippen LogP) is 1.97. The van der Waals surface area contributed by atoms with Crippen molar-refractivity contribution in [3.05, 3.63) is 54.6 Å². The third-order valence-electron chi connectivity index (χ3n) is 3.34. The van der Waals surface area contributed by atoms with Gasteiger partial charge in [-0.15, -0.1) is 0 Å². The molecule has 24 heavy (non-hydrogen) atoms. The lowest BCUT2D eigenvalue weighted by atomic mass is 10.3. The second-order valence-corrected chi connectivity index (χ2v) is 7.60. The van der Waals surface area contributed by atoms with Crippen LogP contribution in [0, 0.1) is 0 Å². The Labute approximate surface area is 142 Å². The first-order valence-corrected chi connectivity index (χ1v) is 9.28. The second-order valence-electron chi connectivity index (χ2n) is 4.99. The zero-order valence-corrected chi connectivity index (χ0v) is 13.9. The van der Waals surface area contributed by atoms with Gasteiger partial charge in [0.25, 0.3) is 11.1 Å². The van der Waals surface area contributed by atoms with Crippen molar-refractivity contribution in [2.45, 2.75) is 10.3 Å². The zero-order valence-electron chi connectivity index (χ0n) is 12.2. The van der Waals surface area contributed by atoms with Gasteiger partial charge < -0.3 is 5.32 Å². The van der Waals surface area contributed by atoms with Gasteiger partial charge in [-0.2, -0.15) is 0 Å². The predicted molar refractivity (Wildman–Crippen MR) is 92.1 cm³/mol. The Morgan fingerprint density at radius 1 is 1.00 bits per heavy atom. The van der Waals surface area contributed by atoms with Gasteiger partial charge in [-0.25, -0.2) is 18.5 Å². The first-order chi connectivity index (χ1) is 11.4. The highest BCUT2D eigenvalue weighted by atomic mass is 32.2. The van der Waals surface area contributed by atoms with Crippen LogP contribution in [0.5, 0.6) is 0 Å². The highest BCUT2D eigenvalue weighted by molar-refractivity contribution is 8.16. The molecule has 0 aliphatic carbocycles. The molecule has 0 aromatic heterocycles. The number of rotatable bonds is 4. The van der Waals surface area contributed by atoms with Gasteiger partial charge in [0.2, 0.25) is 10.0 Å². The third kappa shape index (κ3) is 3.28. The average molecular weight is 363 g/mol. The molecule has 1 atom stereocenters. The topological polar surface area (TPSA) is 110 Å². The molecule has 1 saturated heterocycles. The number of carbonyl (C=O) groups is 2. The summed E-state index contributed by atoms with van der Waals surface area (Å²) in [5.74, 6) is -0.383. The van der Waals surface area contributed by atoms with E-state index in [1.165, 1.54) is 24.3 Å². The maximum atomic E-state index is 12.5. The van der Waals surface area contributed by atoms with Crippen molar-refractivity contribution in [1.29, 1.82) is 0 Å². The maximum absolute atomic E-state index is 12.5. The van der Waals surface area contributed by atoms with Crippen LogP contribution in [0.15, 0.2) is 59.5 Å². The van der Waals surface area contributed by atoms with E-state index in [-0.39, 0.29) is 16.0 Å². The standard InChI is InChI=1S/C15H13N3O4S2/c16-24(21,22)12-8-6-10(7-9-12)17-13-14(19)18(15(20)23-13)11-4-2-1-3-5-11/h1-9,13,17H,(H2,16,21,22)/t13-/m1/s1. The molecule has 7 nitrogen and oxygen atoms in total. The number of benzene rings is 2. The summed E-state index contributed by atoms with van der Waals surface area (Å²) in [6.07, 6.45) is 0. The van der Waals surface area contributed by atoms with E-state index >= 15 is 0 Å². The molecule has 1 aliphatic heterocycles. The Morgan fingerprint density at radius 3 is 2.21 bits per heavy atom. The monoisotopic (exact) mass is 363 g/mol. The Bertz CT molecular complexity index is 883. The van der Waals surface area contributed by atoms with Crippen LogP contribution in [0.2, 0.25) is 0 Å². The molecule has 1 fully saturated rings. The lowest BCUT2D eigenvalue weighted by Crippen LogP contribution is -2.34. The SMILES string of the molecule is NS(=O)(=O)c1ccc(N[C@@H]2SC(=O)N(c3ccccc3)C2=O)cc1. The molecule has 0 radical (unpaired) electrons. The molecule has 0 bridgehead atoms. The lowest BCUT2D eigenvalue weighted by molar-refractivity contribution is -0.116. The summed E-state index contributed by atoms with van der Waals surface area (Å²) in [6, 6.07) is 14.3. The van der Waals surface area contributed by atoms with Gasteiger partial charge in [-0.1, -0.05) is 18.2 Å². The molecule has 3 rings (SSSR count). The molecular weight excluding hydrogens is 350 g/mol. The fourth-order valence-corrected chi connectivity index (χ4v) is 3.62. The molecular formula is C15H13N3O4S2. The van der Waals surface area contributed by atoms with Gasteiger partial charge in [-0.05, 0) is 48.2 Å². The average Bonchev–Trinajstić information content (AvgIpc) is 2.82. The number of hydrogen-bond acceptors (Lipinski definition) is 6. The number of hydrogen-bond donors (Lipinski definition) is 2. The summed E-state index contributed by atoms with van der Waals surface area (Å²) in [7, 11) is -3.77. The van der Waals surface area contributed by atoms with Gasteiger partial charge in [0, 0.05) is 5.69 Å². The van der Waals surface area contributed by atoms with Crippen LogP contribution in [0.4, 0.5) is 16.2 Å². The Hall–Kier alpha value is -2.36. The number of sulfonamides is 1. The number of nitrogens with two attached hydrogens (primary N) is 1. The van der Waals surface area contributed by atoms with Crippen LogP contribution in [-0.4, -0.2) is 24.9 Å². The fraction of sp³-hybridized carbons (Fsp3) is 0.0667. The van der Waals surface area contributed by atoms with E-state index in [0.717, 1.165) is 16.7 Å².